The molecule has 4 nitrogen and oxygen atoms in total. The van der Waals surface area contributed by atoms with Gasteiger partial charge in [-0.05, 0) is 30.9 Å². The van der Waals surface area contributed by atoms with Crippen LogP contribution in [-0.4, -0.2) is 31.1 Å². The number of hydrogen-bond acceptors (Lipinski definition) is 4. The molecule has 1 aromatic carbocycles. The van der Waals surface area contributed by atoms with Gasteiger partial charge >= 0.3 is 0 Å². The van der Waals surface area contributed by atoms with Crippen molar-refractivity contribution in [1.29, 1.82) is 0 Å². The molecule has 0 saturated carbocycles. The van der Waals surface area contributed by atoms with Gasteiger partial charge in [0.15, 0.2) is 9.84 Å². The fraction of sp³-hybridized carbons (Fsp3) is 0.571. The molecule has 0 bridgehead atoms. The zero-order valence-corrected chi connectivity index (χ0v) is 12.0. The standard InChI is InChI=1S/C14H21NO3S/c1-11(13-5-2-4-12(8-13)10-16)15-9-14-6-3-7-19(14,17)18/h2,4-5,8,11,14-16H,3,6-7,9-10H2,1H3. The summed E-state index contributed by atoms with van der Waals surface area (Å²) in [5.74, 6) is 0.327. The van der Waals surface area contributed by atoms with Crippen LogP contribution in [0.15, 0.2) is 24.3 Å². The highest BCUT2D eigenvalue weighted by Gasteiger charge is 2.31. The third kappa shape index (κ3) is 3.55. The molecule has 1 heterocycles. The molecule has 0 amide bonds. The number of benzene rings is 1. The second-order valence-electron chi connectivity index (χ2n) is 5.16. The van der Waals surface area contributed by atoms with Gasteiger partial charge in [-0.25, -0.2) is 8.42 Å². The molecular formula is C14H21NO3S. The summed E-state index contributed by atoms with van der Waals surface area (Å²) in [4.78, 5) is 0. The van der Waals surface area contributed by atoms with E-state index in [-0.39, 0.29) is 17.9 Å². The number of aliphatic hydroxyl groups excluding tert-OH is 1. The van der Waals surface area contributed by atoms with E-state index in [1.165, 1.54) is 0 Å². The van der Waals surface area contributed by atoms with Crippen LogP contribution < -0.4 is 5.32 Å². The fourth-order valence-electron chi connectivity index (χ4n) is 2.47. The Morgan fingerprint density at radius 3 is 2.89 bits per heavy atom. The molecule has 2 atom stereocenters. The van der Waals surface area contributed by atoms with Crippen LogP contribution in [0.25, 0.3) is 0 Å². The maximum atomic E-state index is 11.7. The van der Waals surface area contributed by atoms with E-state index in [1.54, 1.807) is 0 Å². The summed E-state index contributed by atoms with van der Waals surface area (Å²) in [6.45, 7) is 2.54. The van der Waals surface area contributed by atoms with E-state index in [0.29, 0.717) is 12.3 Å². The van der Waals surface area contributed by atoms with Crippen LogP contribution in [0.1, 0.15) is 36.9 Å². The number of nitrogens with one attached hydrogen (secondary N) is 1. The van der Waals surface area contributed by atoms with E-state index in [9.17, 15) is 8.42 Å². The minimum Gasteiger partial charge on any atom is -0.392 e. The summed E-state index contributed by atoms with van der Waals surface area (Å²) in [6, 6.07) is 7.80. The highest BCUT2D eigenvalue weighted by atomic mass is 32.2. The molecule has 0 aromatic heterocycles. The number of sulfone groups is 1. The number of hydrogen-bond donors (Lipinski definition) is 2. The van der Waals surface area contributed by atoms with Crippen molar-refractivity contribution < 1.29 is 13.5 Å². The highest BCUT2D eigenvalue weighted by Crippen LogP contribution is 2.21. The Balaban J connectivity index is 1.95. The first-order chi connectivity index (χ1) is 9.03. The first-order valence-electron chi connectivity index (χ1n) is 6.67. The first kappa shape index (κ1) is 14.5. The number of rotatable bonds is 5. The van der Waals surface area contributed by atoms with Crippen LogP contribution in [0.5, 0.6) is 0 Å². The summed E-state index contributed by atoms with van der Waals surface area (Å²) in [7, 11) is -2.88. The van der Waals surface area contributed by atoms with E-state index in [0.717, 1.165) is 24.0 Å². The molecule has 0 spiro atoms. The molecule has 1 aliphatic heterocycles. The summed E-state index contributed by atoms with van der Waals surface area (Å²) in [6.07, 6.45) is 1.54. The second kappa shape index (κ2) is 6.03. The predicted molar refractivity (Wildman–Crippen MR) is 75.6 cm³/mol. The second-order valence-corrected chi connectivity index (χ2v) is 7.56. The summed E-state index contributed by atoms with van der Waals surface area (Å²) < 4.78 is 23.5. The summed E-state index contributed by atoms with van der Waals surface area (Å²) in [5.41, 5.74) is 1.95. The third-order valence-electron chi connectivity index (χ3n) is 3.75. The molecule has 1 saturated heterocycles. The Morgan fingerprint density at radius 2 is 2.26 bits per heavy atom. The van der Waals surface area contributed by atoms with Gasteiger partial charge in [0, 0.05) is 12.6 Å². The quantitative estimate of drug-likeness (QED) is 0.857. The van der Waals surface area contributed by atoms with Gasteiger partial charge in [-0.3, -0.25) is 0 Å². The van der Waals surface area contributed by atoms with Crippen LogP contribution in [0.2, 0.25) is 0 Å². The first-order valence-corrected chi connectivity index (χ1v) is 8.39. The Kier molecular flexibility index (Phi) is 4.60. The molecule has 2 N–H and O–H groups in total. The molecule has 1 fully saturated rings. The minimum atomic E-state index is -2.88. The Morgan fingerprint density at radius 1 is 1.47 bits per heavy atom. The molecule has 1 aromatic rings. The lowest BCUT2D eigenvalue weighted by Crippen LogP contribution is -2.32. The van der Waals surface area contributed by atoms with E-state index in [1.807, 2.05) is 31.2 Å². The van der Waals surface area contributed by atoms with Crippen molar-refractivity contribution in [3.05, 3.63) is 35.4 Å². The van der Waals surface area contributed by atoms with Gasteiger partial charge in [-0.1, -0.05) is 24.3 Å². The van der Waals surface area contributed by atoms with E-state index < -0.39 is 9.84 Å². The van der Waals surface area contributed by atoms with Crippen LogP contribution in [-0.2, 0) is 16.4 Å². The van der Waals surface area contributed by atoms with E-state index >= 15 is 0 Å². The van der Waals surface area contributed by atoms with Crippen LogP contribution in [0.4, 0.5) is 0 Å². The van der Waals surface area contributed by atoms with Crippen molar-refractivity contribution >= 4 is 9.84 Å². The van der Waals surface area contributed by atoms with Gasteiger partial charge in [-0.15, -0.1) is 0 Å². The topological polar surface area (TPSA) is 66.4 Å². The van der Waals surface area contributed by atoms with Crippen molar-refractivity contribution in [2.24, 2.45) is 0 Å². The van der Waals surface area contributed by atoms with Gasteiger partial charge in [-0.2, -0.15) is 0 Å². The molecule has 19 heavy (non-hydrogen) atoms. The maximum Gasteiger partial charge on any atom is 0.154 e. The van der Waals surface area contributed by atoms with Gasteiger partial charge in [0.25, 0.3) is 0 Å². The summed E-state index contributed by atoms with van der Waals surface area (Å²) in [5, 5.41) is 12.2. The molecule has 1 aliphatic rings. The van der Waals surface area contributed by atoms with E-state index in [4.69, 9.17) is 5.11 Å². The van der Waals surface area contributed by atoms with Crippen molar-refractivity contribution in [3.63, 3.8) is 0 Å². The highest BCUT2D eigenvalue weighted by molar-refractivity contribution is 7.92. The maximum absolute atomic E-state index is 11.7. The van der Waals surface area contributed by atoms with Crippen molar-refractivity contribution in [2.75, 3.05) is 12.3 Å². The molecule has 5 heteroatoms. The molecule has 0 aliphatic carbocycles. The third-order valence-corrected chi connectivity index (χ3v) is 6.02. The van der Waals surface area contributed by atoms with Crippen molar-refractivity contribution in [1.82, 2.24) is 5.32 Å². The van der Waals surface area contributed by atoms with Crippen molar-refractivity contribution in [3.8, 4) is 0 Å². The lowest BCUT2D eigenvalue weighted by atomic mass is 10.1. The molecule has 2 unspecified atom stereocenters. The van der Waals surface area contributed by atoms with Crippen LogP contribution in [0, 0.1) is 0 Å². The average molecular weight is 283 g/mol. The van der Waals surface area contributed by atoms with Gasteiger partial charge in [0.05, 0.1) is 17.6 Å². The lowest BCUT2D eigenvalue weighted by Gasteiger charge is -2.17. The van der Waals surface area contributed by atoms with Gasteiger partial charge in [0.1, 0.15) is 0 Å². The zero-order valence-electron chi connectivity index (χ0n) is 11.2. The zero-order chi connectivity index (χ0) is 13.9. The Bertz CT molecular complexity index is 527. The molecular weight excluding hydrogens is 262 g/mol. The predicted octanol–water partition coefficient (Wildman–Crippen LogP) is 1.41. The van der Waals surface area contributed by atoms with Crippen molar-refractivity contribution in [2.45, 2.75) is 37.7 Å². The molecule has 106 valence electrons. The fourth-order valence-corrected chi connectivity index (χ4v) is 4.25. The van der Waals surface area contributed by atoms with Crippen LogP contribution >= 0.6 is 0 Å². The average Bonchev–Trinajstić information content (AvgIpc) is 2.75. The van der Waals surface area contributed by atoms with Crippen LogP contribution in [0.3, 0.4) is 0 Å². The molecule has 2 rings (SSSR count). The smallest absolute Gasteiger partial charge is 0.154 e. The molecule has 0 radical (unpaired) electrons. The Labute approximate surface area is 114 Å². The Hall–Kier alpha value is -0.910. The monoisotopic (exact) mass is 283 g/mol. The largest absolute Gasteiger partial charge is 0.392 e. The van der Waals surface area contributed by atoms with Gasteiger partial charge < -0.3 is 10.4 Å². The SMILES string of the molecule is CC(NCC1CCCS1(=O)=O)c1cccc(CO)c1. The summed E-state index contributed by atoms with van der Waals surface area (Å²) >= 11 is 0. The lowest BCUT2D eigenvalue weighted by molar-refractivity contribution is 0.281. The van der Waals surface area contributed by atoms with Gasteiger partial charge in [0.2, 0.25) is 0 Å². The normalized spacial score (nSPS) is 23.4. The minimum absolute atomic E-state index is 0.0254. The van der Waals surface area contributed by atoms with E-state index in [2.05, 4.69) is 5.32 Å². The number of aliphatic hydroxyl groups is 1.